The Kier molecular flexibility index (Phi) is 6.20. The Balaban J connectivity index is 1.48. The van der Waals surface area contributed by atoms with Gasteiger partial charge in [-0.1, -0.05) is 56.3 Å². The summed E-state index contributed by atoms with van der Waals surface area (Å²) in [5, 5.41) is 6.61. The number of allylic oxidation sites excluding steroid dienone is 1. The fourth-order valence-corrected chi connectivity index (χ4v) is 5.17. The highest BCUT2D eigenvalue weighted by molar-refractivity contribution is 6.01. The van der Waals surface area contributed by atoms with Crippen molar-refractivity contribution in [2.45, 2.75) is 39.2 Å². The molecule has 1 atom stereocenters. The number of ketones is 1. The summed E-state index contributed by atoms with van der Waals surface area (Å²) < 4.78 is 5.86. The first-order chi connectivity index (χ1) is 16.9. The Morgan fingerprint density at radius 1 is 1.06 bits per heavy atom. The highest BCUT2D eigenvalue weighted by Crippen LogP contribution is 2.48. The predicted molar refractivity (Wildman–Crippen MR) is 137 cm³/mol. The van der Waals surface area contributed by atoms with Crippen LogP contribution in [0.5, 0.6) is 0 Å². The number of rotatable bonds is 6. The first-order valence-electron chi connectivity index (χ1n) is 12.1. The lowest BCUT2D eigenvalue weighted by molar-refractivity contribution is -0.120. The van der Waals surface area contributed by atoms with E-state index in [-0.39, 0.29) is 23.7 Å². The van der Waals surface area contributed by atoms with E-state index < -0.39 is 6.04 Å². The van der Waals surface area contributed by atoms with Crippen molar-refractivity contribution in [3.05, 3.63) is 95.6 Å². The minimum atomic E-state index is -0.486. The molecule has 3 aromatic rings. The number of hydrogen-bond acceptors (Lipinski definition) is 5. The molecule has 0 saturated heterocycles. The average Bonchev–Trinajstić information content (AvgIpc) is 3.31. The Bertz CT molecular complexity index is 1250. The molecule has 2 aliphatic rings. The topological polar surface area (TPSA) is 74.6 Å². The van der Waals surface area contributed by atoms with Gasteiger partial charge in [-0.15, -0.1) is 0 Å². The molecule has 1 aromatic heterocycles. The summed E-state index contributed by atoms with van der Waals surface area (Å²) in [5.41, 5.74) is 4.38. The molecule has 0 spiro atoms. The zero-order chi connectivity index (χ0) is 24.4. The van der Waals surface area contributed by atoms with Gasteiger partial charge in [-0.05, 0) is 48.1 Å². The van der Waals surface area contributed by atoms with Crippen LogP contribution in [0.1, 0.15) is 44.1 Å². The lowest BCUT2D eigenvalue weighted by Crippen LogP contribution is -2.42. The number of benzene rings is 2. The van der Waals surface area contributed by atoms with Crippen LogP contribution in [-0.4, -0.2) is 24.8 Å². The minimum absolute atomic E-state index is 0.0902. The van der Waals surface area contributed by atoms with Crippen molar-refractivity contribution < 1.29 is 14.0 Å². The van der Waals surface area contributed by atoms with E-state index in [4.69, 9.17) is 4.42 Å². The van der Waals surface area contributed by atoms with Gasteiger partial charge in [0.1, 0.15) is 11.8 Å². The number of furan rings is 1. The van der Waals surface area contributed by atoms with Gasteiger partial charge in [0.05, 0.1) is 24.2 Å². The maximum absolute atomic E-state index is 13.5. The molecule has 0 bridgehead atoms. The van der Waals surface area contributed by atoms with E-state index in [0.29, 0.717) is 24.3 Å². The quantitative estimate of drug-likeness (QED) is 0.515. The van der Waals surface area contributed by atoms with E-state index in [1.807, 2.05) is 59.5 Å². The molecule has 5 rings (SSSR count). The molecule has 2 heterocycles. The van der Waals surface area contributed by atoms with Gasteiger partial charge in [-0.2, -0.15) is 0 Å². The van der Waals surface area contributed by atoms with Gasteiger partial charge in [0, 0.05) is 24.2 Å². The molecule has 0 unspecified atom stereocenters. The average molecular weight is 470 g/mol. The summed E-state index contributed by atoms with van der Waals surface area (Å²) in [6.07, 6.45) is 3.58. The number of nitrogens with one attached hydrogen (secondary N) is 2. The van der Waals surface area contributed by atoms with Crippen molar-refractivity contribution in [2.24, 2.45) is 5.41 Å². The molecule has 2 aromatic carbocycles. The molecule has 180 valence electrons. The first kappa shape index (κ1) is 23.0. The van der Waals surface area contributed by atoms with Crippen molar-refractivity contribution in [2.75, 3.05) is 23.3 Å². The smallest absolute Gasteiger partial charge is 0.239 e. The third kappa shape index (κ3) is 4.87. The number of hydrogen-bond donors (Lipinski definition) is 2. The normalized spacial score (nSPS) is 18.9. The van der Waals surface area contributed by atoms with Crippen LogP contribution in [0.4, 0.5) is 11.4 Å². The summed E-state index contributed by atoms with van der Waals surface area (Å²) >= 11 is 0. The van der Waals surface area contributed by atoms with E-state index in [9.17, 15) is 9.59 Å². The van der Waals surface area contributed by atoms with E-state index in [2.05, 4.69) is 36.6 Å². The van der Waals surface area contributed by atoms with Crippen molar-refractivity contribution in [1.82, 2.24) is 5.32 Å². The van der Waals surface area contributed by atoms with Gasteiger partial charge in [-0.3, -0.25) is 9.59 Å². The zero-order valence-electron chi connectivity index (χ0n) is 20.2. The van der Waals surface area contributed by atoms with Gasteiger partial charge in [-0.25, -0.2) is 0 Å². The lowest BCUT2D eigenvalue weighted by Gasteiger charge is -2.36. The molecule has 1 aliphatic heterocycles. The number of Topliss-reactive ketones (excluding diaryl/α,β-unsaturated/α-hetero) is 1. The van der Waals surface area contributed by atoms with E-state index in [1.165, 1.54) is 5.56 Å². The van der Waals surface area contributed by atoms with Crippen molar-refractivity contribution in [3.8, 4) is 0 Å². The lowest BCUT2D eigenvalue weighted by atomic mass is 9.74. The highest BCUT2D eigenvalue weighted by atomic mass is 16.3. The van der Waals surface area contributed by atoms with Crippen LogP contribution in [0.25, 0.3) is 0 Å². The fourth-order valence-electron chi connectivity index (χ4n) is 5.17. The van der Waals surface area contributed by atoms with Gasteiger partial charge < -0.3 is 20.0 Å². The molecule has 0 saturated carbocycles. The second kappa shape index (κ2) is 9.45. The molecule has 0 radical (unpaired) electrons. The molecule has 0 fully saturated rings. The van der Waals surface area contributed by atoms with Crippen LogP contribution in [0.3, 0.4) is 0 Å². The Morgan fingerprint density at radius 3 is 2.60 bits per heavy atom. The van der Waals surface area contributed by atoms with E-state index in [0.717, 1.165) is 29.9 Å². The summed E-state index contributed by atoms with van der Waals surface area (Å²) in [6.45, 7) is 4.88. The largest absolute Gasteiger partial charge is 0.467 e. The third-order valence-corrected chi connectivity index (χ3v) is 6.71. The SMILES string of the molecule is CC1(C)CC(=O)C2=C(C1)Nc1ccccc1N(CC(=O)NCCc1ccccc1)[C@@H]2c1ccco1. The number of carbonyl (C=O) groups is 2. The van der Waals surface area contributed by atoms with Crippen molar-refractivity contribution in [1.29, 1.82) is 0 Å². The minimum Gasteiger partial charge on any atom is -0.467 e. The predicted octanol–water partition coefficient (Wildman–Crippen LogP) is 5.25. The molecule has 35 heavy (non-hydrogen) atoms. The van der Waals surface area contributed by atoms with Crippen LogP contribution in [0.15, 0.2) is 88.7 Å². The Hall–Kier alpha value is -3.80. The Morgan fingerprint density at radius 2 is 1.83 bits per heavy atom. The molecular formula is C29H31N3O3. The summed E-state index contributed by atoms with van der Waals surface area (Å²) in [4.78, 5) is 28.7. The second-order valence-corrected chi connectivity index (χ2v) is 10.1. The number of nitrogens with zero attached hydrogens (tertiary/aromatic N) is 1. The highest BCUT2D eigenvalue weighted by Gasteiger charge is 2.42. The van der Waals surface area contributed by atoms with Crippen LogP contribution in [0.2, 0.25) is 0 Å². The number of anilines is 2. The number of amides is 1. The maximum atomic E-state index is 13.5. The van der Waals surface area contributed by atoms with Gasteiger partial charge in [0.25, 0.3) is 0 Å². The van der Waals surface area contributed by atoms with Gasteiger partial charge in [0.15, 0.2) is 5.78 Å². The monoisotopic (exact) mass is 469 g/mol. The molecule has 1 amide bonds. The maximum Gasteiger partial charge on any atom is 0.239 e. The fraction of sp³-hybridized carbons (Fsp3) is 0.310. The Labute approximate surface area is 206 Å². The summed E-state index contributed by atoms with van der Waals surface area (Å²) in [7, 11) is 0. The van der Waals surface area contributed by atoms with Crippen LogP contribution in [0, 0.1) is 5.41 Å². The third-order valence-electron chi connectivity index (χ3n) is 6.71. The molecule has 2 N–H and O–H groups in total. The first-order valence-corrected chi connectivity index (χ1v) is 12.1. The molecular weight excluding hydrogens is 438 g/mol. The van der Waals surface area contributed by atoms with Crippen LogP contribution < -0.4 is 15.5 Å². The van der Waals surface area contributed by atoms with Gasteiger partial charge >= 0.3 is 0 Å². The molecule has 6 heteroatoms. The number of para-hydroxylation sites is 2. The number of carbonyl (C=O) groups excluding carboxylic acids is 2. The molecule has 6 nitrogen and oxygen atoms in total. The van der Waals surface area contributed by atoms with Crippen molar-refractivity contribution in [3.63, 3.8) is 0 Å². The van der Waals surface area contributed by atoms with Crippen LogP contribution in [-0.2, 0) is 16.0 Å². The second-order valence-electron chi connectivity index (χ2n) is 10.1. The summed E-state index contributed by atoms with van der Waals surface area (Å²) in [6, 6.07) is 21.2. The van der Waals surface area contributed by atoms with Crippen LogP contribution >= 0.6 is 0 Å². The number of fused-ring (bicyclic) bond motifs is 1. The summed E-state index contributed by atoms with van der Waals surface area (Å²) in [5.74, 6) is 0.647. The van der Waals surface area contributed by atoms with Gasteiger partial charge in [0.2, 0.25) is 5.91 Å². The van der Waals surface area contributed by atoms with E-state index in [1.54, 1.807) is 6.26 Å². The van der Waals surface area contributed by atoms with Crippen molar-refractivity contribution >= 4 is 23.1 Å². The zero-order valence-corrected chi connectivity index (χ0v) is 20.2. The van der Waals surface area contributed by atoms with E-state index >= 15 is 0 Å². The molecule has 1 aliphatic carbocycles. The standard InChI is InChI=1S/C29H31N3O3/c1-29(2)17-22-27(24(33)18-29)28(25-13-8-16-35-25)32(23-12-7-6-11-21(23)31-22)19-26(34)30-15-14-20-9-4-3-5-10-20/h3-13,16,28,31H,14-15,17-19H2,1-2H3,(H,30,34)/t28-/m1/s1.